The van der Waals surface area contributed by atoms with Gasteiger partial charge < -0.3 is 5.73 Å². The van der Waals surface area contributed by atoms with Gasteiger partial charge in [0, 0.05) is 23.2 Å². The third-order valence-corrected chi connectivity index (χ3v) is 5.91. The fourth-order valence-corrected chi connectivity index (χ4v) is 4.13. The Balaban J connectivity index is 1.88. The molecule has 0 bridgehead atoms. The first-order valence-electron chi connectivity index (χ1n) is 7.45. The number of fused-ring (bicyclic) bond motifs is 1. The van der Waals surface area contributed by atoms with Gasteiger partial charge in [0.2, 0.25) is 0 Å². The number of rotatable bonds is 5. The number of nitrogens with zero attached hydrogens (tertiary/aromatic N) is 1. The van der Waals surface area contributed by atoms with Crippen LogP contribution in [0.4, 0.5) is 0 Å². The Hall–Kier alpha value is -2.24. The highest BCUT2D eigenvalue weighted by Crippen LogP contribution is 2.25. The lowest BCUT2D eigenvalue weighted by Crippen LogP contribution is -2.31. The smallest absolute Gasteiger partial charge is 0.194 e. The highest BCUT2D eigenvalue weighted by Gasteiger charge is 2.25. The molecule has 1 unspecified atom stereocenters. The summed E-state index contributed by atoms with van der Waals surface area (Å²) in [5.74, 6) is 0. The minimum absolute atomic E-state index is 0.276. The van der Waals surface area contributed by atoms with E-state index in [-0.39, 0.29) is 4.90 Å². The second-order valence-corrected chi connectivity index (χ2v) is 7.60. The number of aryl methyl sites for hydroxylation is 1. The Morgan fingerprint density at radius 1 is 1.00 bits per heavy atom. The Morgan fingerprint density at radius 2 is 1.78 bits per heavy atom. The van der Waals surface area contributed by atoms with Gasteiger partial charge in [-0.2, -0.15) is 0 Å². The van der Waals surface area contributed by atoms with Crippen LogP contribution in [0.2, 0.25) is 0 Å². The van der Waals surface area contributed by atoms with E-state index >= 15 is 0 Å². The first kappa shape index (κ1) is 15.6. The molecule has 4 nitrogen and oxygen atoms in total. The molecule has 3 rings (SSSR count). The zero-order valence-electron chi connectivity index (χ0n) is 12.6. The molecule has 0 radical (unpaired) electrons. The summed E-state index contributed by atoms with van der Waals surface area (Å²) in [6, 6.07) is 16.7. The van der Waals surface area contributed by atoms with E-state index in [2.05, 4.69) is 4.98 Å². The summed E-state index contributed by atoms with van der Waals surface area (Å²) in [6.45, 7) is 0. The number of sulfone groups is 1. The number of aromatic nitrogens is 1. The molecule has 118 valence electrons. The molecule has 1 heterocycles. The van der Waals surface area contributed by atoms with Gasteiger partial charge in [-0.3, -0.25) is 4.98 Å². The van der Waals surface area contributed by atoms with Gasteiger partial charge in [-0.25, -0.2) is 8.42 Å². The van der Waals surface area contributed by atoms with Crippen molar-refractivity contribution >= 4 is 20.6 Å². The quantitative estimate of drug-likeness (QED) is 0.782. The highest BCUT2D eigenvalue weighted by atomic mass is 32.2. The average molecular weight is 326 g/mol. The van der Waals surface area contributed by atoms with Crippen LogP contribution in [0, 0.1) is 0 Å². The molecule has 1 aromatic heterocycles. The van der Waals surface area contributed by atoms with Crippen molar-refractivity contribution < 1.29 is 8.42 Å². The van der Waals surface area contributed by atoms with Crippen molar-refractivity contribution in [3.63, 3.8) is 0 Å². The van der Waals surface area contributed by atoms with Crippen molar-refractivity contribution in [1.82, 2.24) is 4.98 Å². The van der Waals surface area contributed by atoms with E-state index in [0.29, 0.717) is 18.2 Å². The number of nitrogens with two attached hydrogens (primary N) is 1. The molecule has 0 saturated carbocycles. The van der Waals surface area contributed by atoms with Crippen molar-refractivity contribution in [1.29, 1.82) is 0 Å². The van der Waals surface area contributed by atoms with Gasteiger partial charge in [-0.1, -0.05) is 42.5 Å². The van der Waals surface area contributed by atoms with Gasteiger partial charge >= 0.3 is 0 Å². The summed E-state index contributed by atoms with van der Waals surface area (Å²) in [7, 11) is -3.59. The van der Waals surface area contributed by atoms with Gasteiger partial charge in [-0.05, 0) is 30.5 Å². The summed E-state index contributed by atoms with van der Waals surface area (Å²) < 4.78 is 25.6. The first-order valence-corrected chi connectivity index (χ1v) is 9.00. The zero-order chi connectivity index (χ0) is 16.3. The lowest BCUT2D eigenvalue weighted by atomic mass is 10.1. The third-order valence-electron chi connectivity index (χ3n) is 3.91. The van der Waals surface area contributed by atoms with E-state index in [1.807, 2.05) is 36.4 Å². The molecule has 23 heavy (non-hydrogen) atoms. The van der Waals surface area contributed by atoms with Gasteiger partial charge in [0.05, 0.1) is 4.90 Å². The Labute approximate surface area is 135 Å². The van der Waals surface area contributed by atoms with Crippen LogP contribution in [0.15, 0.2) is 71.9 Å². The molecule has 1 atom stereocenters. The minimum atomic E-state index is -3.59. The molecule has 0 saturated heterocycles. The summed E-state index contributed by atoms with van der Waals surface area (Å²) in [5.41, 5.74) is 7.10. The van der Waals surface area contributed by atoms with Gasteiger partial charge in [0.25, 0.3) is 0 Å². The summed E-state index contributed by atoms with van der Waals surface area (Å²) in [6.07, 6.45) is 4.27. The van der Waals surface area contributed by atoms with E-state index in [1.54, 1.807) is 30.6 Å². The fraction of sp³-hybridized carbons (Fsp3) is 0.167. The number of hydrogen-bond donors (Lipinski definition) is 1. The number of pyridine rings is 1. The van der Waals surface area contributed by atoms with Crippen LogP contribution in [0.25, 0.3) is 10.8 Å². The second-order valence-electron chi connectivity index (χ2n) is 5.46. The lowest BCUT2D eigenvalue weighted by Gasteiger charge is -2.14. The van der Waals surface area contributed by atoms with Crippen LogP contribution in [-0.2, 0) is 16.3 Å². The summed E-state index contributed by atoms with van der Waals surface area (Å²) in [4.78, 5) is 4.31. The molecule has 0 aliphatic carbocycles. The molecule has 2 aromatic carbocycles. The monoisotopic (exact) mass is 326 g/mol. The van der Waals surface area contributed by atoms with Crippen molar-refractivity contribution in [3.05, 3.63) is 72.6 Å². The van der Waals surface area contributed by atoms with Crippen LogP contribution >= 0.6 is 0 Å². The third kappa shape index (κ3) is 3.25. The first-order chi connectivity index (χ1) is 11.1. The van der Waals surface area contributed by atoms with Crippen LogP contribution in [0.5, 0.6) is 0 Å². The van der Waals surface area contributed by atoms with E-state index in [9.17, 15) is 8.42 Å². The summed E-state index contributed by atoms with van der Waals surface area (Å²) >= 11 is 0. The van der Waals surface area contributed by atoms with E-state index in [1.165, 1.54) is 0 Å². The molecular formula is C18H18N2O2S. The van der Waals surface area contributed by atoms with Crippen LogP contribution in [0.1, 0.15) is 12.0 Å². The molecule has 2 N–H and O–H groups in total. The standard InChI is InChI=1S/C18H18N2O2S/c19-18(10-9-14-5-2-1-3-6-14)23(21,22)17-8-4-7-15-13-20-12-11-16(15)17/h1-8,11-13,18H,9-10,19H2. The van der Waals surface area contributed by atoms with Crippen molar-refractivity contribution in [2.24, 2.45) is 5.73 Å². The molecular weight excluding hydrogens is 308 g/mol. The van der Waals surface area contributed by atoms with Crippen LogP contribution in [-0.4, -0.2) is 18.8 Å². The SMILES string of the molecule is NC(CCc1ccccc1)S(=O)(=O)c1cccc2cnccc12. The Kier molecular flexibility index (Phi) is 4.41. The van der Waals surface area contributed by atoms with E-state index in [4.69, 9.17) is 5.73 Å². The predicted octanol–water partition coefficient (Wildman–Crippen LogP) is 2.93. The summed E-state index contributed by atoms with van der Waals surface area (Å²) in [5, 5.41) is 0.531. The molecule has 0 aliphatic rings. The maximum absolute atomic E-state index is 12.8. The Bertz CT molecular complexity index is 903. The topological polar surface area (TPSA) is 73.1 Å². The fourth-order valence-electron chi connectivity index (χ4n) is 2.61. The molecule has 0 aliphatic heterocycles. The normalized spacial score (nSPS) is 13.1. The number of benzene rings is 2. The highest BCUT2D eigenvalue weighted by molar-refractivity contribution is 7.92. The largest absolute Gasteiger partial charge is 0.315 e. The van der Waals surface area contributed by atoms with Crippen LogP contribution in [0.3, 0.4) is 0 Å². The van der Waals surface area contributed by atoms with Gasteiger partial charge in [0.15, 0.2) is 9.84 Å². The van der Waals surface area contributed by atoms with Crippen LogP contribution < -0.4 is 5.73 Å². The van der Waals surface area contributed by atoms with Crippen molar-refractivity contribution in [3.8, 4) is 0 Å². The van der Waals surface area contributed by atoms with E-state index in [0.717, 1.165) is 10.9 Å². The lowest BCUT2D eigenvalue weighted by molar-refractivity contribution is 0.574. The van der Waals surface area contributed by atoms with E-state index < -0.39 is 15.2 Å². The number of hydrogen-bond acceptors (Lipinski definition) is 4. The molecule has 0 fully saturated rings. The maximum atomic E-state index is 12.8. The zero-order valence-corrected chi connectivity index (χ0v) is 13.4. The van der Waals surface area contributed by atoms with Crippen molar-refractivity contribution in [2.45, 2.75) is 23.1 Å². The minimum Gasteiger partial charge on any atom is -0.315 e. The maximum Gasteiger partial charge on any atom is 0.194 e. The Morgan fingerprint density at radius 3 is 2.57 bits per heavy atom. The second kappa shape index (κ2) is 6.48. The molecule has 0 spiro atoms. The average Bonchev–Trinajstić information content (AvgIpc) is 2.60. The van der Waals surface area contributed by atoms with Gasteiger partial charge in [-0.15, -0.1) is 0 Å². The molecule has 3 aromatic rings. The van der Waals surface area contributed by atoms with Gasteiger partial charge in [0.1, 0.15) is 5.37 Å². The van der Waals surface area contributed by atoms with Crippen molar-refractivity contribution in [2.75, 3.05) is 0 Å². The predicted molar refractivity (Wildman–Crippen MR) is 91.7 cm³/mol. The molecule has 0 amide bonds. The molecule has 5 heteroatoms.